The van der Waals surface area contributed by atoms with Gasteiger partial charge in [-0.1, -0.05) is 17.7 Å². The number of anilines is 1. The van der Waals surface area contributed by atoms with Gasteiger partial charge in [0.15, 0.2) is 0 Å². The Hall–Kier alpha value is -0.770. The van der Waals surface area contributed by atoms with Gasteiger partial charge in [-0.05, 0) is 38.0 Å². The van der Waals surface area contributed by atoms with Crippen LogP contribution in [-0.2, 0) is 0 Å². The van der Waals surface area contributed by atoms with E-state index in [9.17, 15) is 10.2 Å². The zero-order chi connectivity index (χ0) is 13.0. The SMILES string of the molecule is CC(O)CCN(C)c1ccc([C@@H](C)O)cc1Cl. The Morgan fingerprint density at radius 2 is 1.94 bits per heavy atom. The highest BCUT2D eigenvalue weighted by atomic mass is 35.5. The molecule has 0 amide bonds. The molecule has 0 fully saturated rings. The van der Waals surface area contributed by atoms with Crippen molar-refractivity contribution in [2.45, 2.75) is 32.5 Å². The van der Waals surface area contributed by atoms with Gasteiger partial charge in [0.2, 0.25) is 0 Å². The molecule has 1 rings (SSSR count). The van der Waals surface area contributed by atoms with Crippen LogP contribution in [0.25, 0.3) is 0 Å². The van der Waals surface area contributed by atoms with Crippen molar-refractivity contribution in [3.05, 3.63) is 28.8 Å². The molecule has 1 aromatic carbocycles. The fraction of sp³-hybridized carbons (Fsp3) is 0.538. The van der Waals surface area contributed by atoms with E-state index in [2.05, 4.69) is 0 Å². The standard InChI is InChI=1S/C13H20ClNO2/c1-9(16)6-7-15(3)13-5-4-11(10(2)17)8-12(13)14/h4-5,8-10,16-17H,6-7H2,1-3H3/t9?,10-/m1/s1. The molecule has 2 atom stereocenters. The van der Waals surface area contributed by atoms with Crippen LogP contribution in [0.5, 0.6) is 0 Å². The third-order valence-corrected chi connectivity index (χ3v) is 3.05. The maximum absolute atomic E-state index is 9.45. The summed E-state index contributed by atoms with van der Waals surface area (Å²) in [5.74, 6) is 0. The topological polar surface area (TPSA) is 43.7 Å². The van der Waals surface area contributed by atoms with E-state index in [4.69, 9.17) is 11.6 Å². The van der Waals surface area contributed by atoms with Gasteiger partial charge in [0.25, 0.3) is 0 Å². The maximum Gasteiger partial charge on any atom is 0.0762 e. The molecule has 0 radical (unpaired) electrons. The molecule has 17 heavy (non-hydrogen) atoms. The number of aliphatic hydroxyl groups excluding tert-OH is 2. The molecule has 0 aliphatic carbocycles. The quantitative estimate of drug-likeness (QED) is 0.852. The maximum atomic E-state index is 9.45. The molecule has 0 bridgehead atoms. The first-order valence-corrected chi connectivity index (χ1v) is 6.16. The summed E-state index contributed by atoms with van der Waals surface area (Å²) in [4.78, 5) is 2.00. The molecule has 0 saturated carbocycles. The van der Waals surface area contributed by atoms with Crippen molar-refractivity contribution in [3.63, 3.8) is 0 Å². The van der Waals surface area contributed by atoms with Crippen LogP contribution >= 0.6 is 11.6 Å². The summed E-state index contributed by atoms with van der Waals surface area (Å²) >= 11 is 6.17. The van der Waals surface area contributed by atoms with Gasteiger partial charge in [0.05, 0.1) is 22.9 Å². The van der Waals surface area contributed by atoms with Crippen LogP contribution < -0.4 is 4.90 Å². The molecule has 96 valence electrons. The van der Waals surface area contributed by atoms with Gasteiger partial charge in [-0.3, -0.25) is 0 Å². The average Bonchev–Trinajstić information content (AvgIpc) is 2.25. The lowest BCUT2D eigenvalue weighted by Gasteiger charge is -2.22. The molecule has 3 nitrogen and oxygen atoms in total. The molecule has 0 heterocycles. The zero-order valence-corrected chi connectivity index (χ0v) is 11.3. The molecule has 2 N–H and O–H groups in total. The largest absolute Gasteiger partial charge is 0.393 e. The Labute approximate surface area is 108 Å². The fourth-order valence-electron chi connectivity index (χ4n) is 1.59. The Morgan fingerprint density at radius 3 is 2.41 bits per heavy atom. The number of benzene rings is 1. The van der Waals surface area contributed by atoms with Crippen LogP contribution in [0.1, 0.15) is 31.9 Å². The Morgan fingerprint density at radius 1 is 1.29 bits per heavy atom. The van der Waals surface area contributed by atoms with Gasteiger partial charge < -0.3 is 15.1 Å². The minimum Gasteiger partial charge on any atom is -0.393 e. The minimum atomic E-state index is -0.510. The molecule has 0 saturated heterocycles. The highest BCUT2D eigenvalue weighted by molar-refractivity contribution is 6.33. The van der Waals surface area contributed by atoms with Crippen molar-refractivity contribution in [2.75, 3.05) is 18.5 Å². The third-order valence-electron chi connectivity index (χ3n) is 2.75. The van der Waals surface area contributed by atoms with Gasteiger partial charge in [-0.25, -0.2) is 0 Å². The second-order valence-electron chi connectivity index (χ2n) is 4.45. The Balaban J connectivity index is 2.77. The van der Waals surface area contributed by atoms with E-state index in [0.717, 1.165) is 17.8 Å². The molecule has 0 aliphatic heterocycles. The second kappa shape index (κ2) is 6.24. The van der Waals surface area contributed by atoms with E-state index in [1.54, 1.807) is 19.9 Å². The predicted molar refractivity (Wildman–Crippen MR) is 71.7 cm³/mol. The number of halogens is 1. The van der Waals surface area contributed by atoms with E-state index in [1.807, 2.05) is 24.1 Å². The third kappa shape index (κ3) is 4.19. The molecule has 4 heteroatoms. The van der Waals surface area contributed by atoms with Crippen molar-refractivity contribution >= 4 is 17.3 Å². The smallest absolute Gasteiger partial charge is 0.0762 e. The zero-order valence-electron chi connectivity index (χ0n) is 10.5. The first kappa shape index (κ1) is 14.3. The van der Waals surface area contributed by atoms with Gasteiger partial charge in [-0.2, -0.15) is 0 Å². The van der Waals surface area contributed by atoms with E-state index >= 15 is 0 Å². The lowest BCUT2D eigenvalue weighted by atomic mass is 10.1. The van der Waals surface area contributed by atoms with Gasteiger partial charge in [-0.15, -0.1) is 0 Å². The van der Waals surface area contributed by atoms with Crippen LogP contribution in [0.3, 0.4) is 0 Å². The lowest BCUT2D eigenvalue weighted by molar-refractivity contribution is 0.187. The van der Waals surface area contributed by atoms with Crippen molar-refractivity contribution < 1.29 is 10.2 Å². The predicted octanol–water partition coefficient (Wildman–Crippen LogP) is 2.60. The molecule has 0 aromatic heterocycles. The normalized spacial score (nSPS) is 14.5. The number of hydrogen-bond donors (Lipinski definition) is 2. The summed E-state index contributed by atoms with van der Waals surface area (Å²) in [7, 11) is 1.94. The summed E-state index contributed by atoms with van der Waals surface area (Å²) in [5.41, 5.74) is 1.72. The molecule has 1 aromatic rings. The average molecular weight is 258 g/mol. The molecular weight excluding hydrogens is 238 g/mol. The van der Waals surface area contributed by atoms with E-state index in [-0.39, 0.29) is 6.10 Å². The summed E-state index contributed by atoms with van der Waals surface area (Å²) in [5, 5.41) is 19.3. The van der Waals surface area contributed by atoms with E-state index in [0.29, 0.717) is 11.4 Å². The van der Waals surface area contributed by atoms with Gasteiger partial charge >= 0.3 is 0 Å². The highest BCUT2D eigenvalue weighted by Crippen LogP contribution is 2.28. The lowest BCUT2D eigenvalue weighted by Crippen LogP contribution is -2.22. The molecular formula is C13H20ClNO2. The fourth-order valence-corrected chi connectivity index (χ4v) is 1.93. The number of hydrogen-bond acceptors (Lipinski definition) is 3. The molecule has 0 aliphatic rings. The highest BCUT2D eigenvalue weighted by Gasteiger charge is 2.09. The summed E-state index contributed by atoms with van der Waals surface area (Å²) in [6.07, 6.45) is -0.123. The second-order valence-corrected chi connectivity index (χ2v) is 4.85. The van der Waals surface area contributed by atoms with Crippen LogP contribution in [0.15, 0.2) is 18.2 Å². The summed E-state index contributed by atoms with van der Waals surface area (Å²) in [6.45, 7) is 4.22. The van der Waals surface area contributed by atoms with E-state index in [1.165, 1.54) is 0 Å². The van der Waals surface area contributed by atoms with Crippen LogP contribution in [-0.4, -0.2) is 29.9 Å². The van der Waals surface area contributed by atoms with Gasteiger partial charge in [0.1, 0.15) is 0 Å². The monoisotopic (exact) mass is 257 g/mol. The number of aliphatic hydroxyl groups is 2. The minimum absolute atomic E-state index is 0.312. The van der Waals surface area contributed by atoms with Crippen molar-refractivity contribution in [1.82, 2.24) is 0 Å². The Kier molecular flexibility index (Phi) is 5.25. The molecule has 0 spiro atoms. The van der Waals surface area contributed by atoms with E-state index < -0.39 is 6.10 Å². The van der Waals surface area contributed by atoms with Crippen LogP contribution in [0.4, 0.5) is 5.69 Å². The Bertz CT molecular complexity index is 366. The summed E-state index contributed by atoms with van der Waals surface area (Å²) < 4.78 is 0. The first-order valence-electron chi connectivity index (χ1n) is 5.78. The van der Waals surface area contributed by atoms with Crippen LogP contribution in [0.2, 0.25) is 5.02 Å². The number of nitrogens with zero attached hydrogens (tertiary/aromatic N) is 1. The number of rotatable bonds is 5. The first-order chi connectivity index (χ1) is 7.91. The van der Waals surface area contributed by atoms with Crippen molar-refractivity contribution in [3.8, 4) is 0 Å². The van der Waals surface area contributed by atoms with Crippen molar-refractivity contribution in [1.29, 1.82) is 0 Å². The summed E-state index contributed by atoms with van der Waals surface area (Å²) in [6, 6.07) is 5.54. The van der Waals surface area contributed by atoms with Gasteiger partial charge in [0, 0.05) is 13.6 Å². The van der Waals surface area contributed by atoms with Crippen LogP contribution in [0, 0.1) is 0 Å². The van der Waals surface area contributed by atoms with Crippen molar-refractivity contribution in [2.24, 2.45) is 0 Å². The molecule has 1 unspecified atom stereocenters.